The second-order valence-electron chi connectivity index (χ2n) is 6.82. The van der Waals surface area contributed by atoms with E-state index in [9.17, 15) is 9.18 Å². The van der Waals surface area contributed by atoms with Gasteiger partial charge in [0.1, 0.15) is 5.82 Å². The Bertz CT molecular complexity index is 897. The summed E-state index contributed by atoms with van der Waals surface area (Å²) in [6.07, 6.45) is 6.35. The molecule has 1 fully saturated rings. The molecule has 2 aliphatic heterocycles. The first kappa shape index (κ1) is 16.7. The number of fused-ring (bicyclic) bond motifs is 1. The van der Waals surface area contributed by atoms with Crippen LogP contribution < -0.4 is 0 Å². The summed E-state index contributed by atoms with van der Waals surface area (Å²) in [7, 11) is 1.88. The van der Waals surface area contributed by atoms with Crippen LogP contribution in [-0.2, 0) is 11.8 Å². The van der Waals surface area contributed by atoms with E-state index < -0.39 is 0 Å². The Morgan fingerprint density at radius 3 is 2.77 bits per heavy atom. The van der Waals surface area contributed by atoms with Crippen molar-refractivity contribution in [3.63, 3.8) is 0 Å². The van der Waals surface area contributed by atoms with Crippen LogP contribution in [0.3, 0.4) is 0 Å². The Hall–Kier alpha value is -2.76. The highest BCUT2D eigenvalue weighted by Crippen LogP contribution is 2.38. The van der Waals surface area contributed by atoms with E-state index in [2.05, 4.69) is 10.1 Å². The van der Waals surface area contributed by atoms with E-state index in [4.69, 9.17) is 0 Å². The lowest BCUT2D eigenvalue weighted by molar-refractivity contribution is -0.129. The van der Waals surface area contributed by atoms with Crippen LogP contribution in [0.25, 0.3) is 16.8 Å². The van der Waals surface area contributed by atoms with Crippen molar-refractivity contribution in [1.29, 1.82) is 0 Å². The Kier molecular flexibility index (Phi) is 4.18. The zero-order valence-corrected chi connectivity index (χ0v) is 14.9. The van der Waals surface area contributed by atoms with Crippen molar-refractivity contribution in [2.75, 3.05) is 13.1 Å². The average molecular weight is 352 g/mol. The number of carbonyl (C=O) groups excluding carboxylic acids is 1. The molecule has 0 radical (unpaired) electrons. The number of hydrogen-bond donors (Lipinski definition) is 0. The topological polar surface area (TPSA) is 50.5 Å². The van der Waals surface area contributed by atoms with Gasteiger partial charge in [0.25, 0.3) is 0 Å². The Morgan fingerprint density at radius 1 is 1.27 bits per heavy atom. The third kappa shape index (κ3) is 2.85. The van der Waals surface area contributed by atoms with Gasteiger partial charge in [-0.3, -0.25) is 14.5 Å². The molecule has 0 aliphatic carbocycles. The predicted molar refractivity (Wildman–Crippen MR) is 99.2 cm³/mol. The third-order valence-corrected chi connectivity index (χ3v) is 5.13. The number of nitrogens with zero attached hydrogens (tertiary/aromatic N) is 4. The molecule has 0 N–H and O–H groups in total. The van der Waals surface area contributed by atoms with E-state index in [0.717, 1.165) is 22.4 Å². The van der Waals surface area contributed by atoms with Gasteiger partial charge in [-0.25, -0.2) is 4.39 Å². The molecule has 1 saturated heterocycles. The third-order valence-electron chi connectivity index (χ3n) is 5.13. The van der Waals surface area contributed by atoms with Crippen molar-refractivity contribution in [3.05, 3.63) is 47.9 Å². The van der Waals surface area contributed by atoms with E-state index in [1.807, 2.05) is 37.4 Å². The molecule has 1 aromatic heterocycles. The fraction of sp³-hybridized carbons (Fsp3) is 0.350. The lowest BCUT2D eigenvalue weighted by Gasteiger charge is -2.21. The standard InChI is InChI=1S/C20H21FN4O/c1-3-19(26)25-11-16-15(8-9-22-18(16)12-25)17-10-24(2)23-20(17)13-4-6-14(21)7-5-13/h4-10,16,18H,3,11-12H2,1-2H3. The quantitative estimate of drug-likeness (QED) is 0.853. The highest BCUT2D eigenvalue weighted by Gasteiger charge is 2.39. The molecular weight excluding hydrogens is 331 g/mol. The first-order valence-corrected chi connectivity index (χ1v) is 8.88. The summed E-state index contributed by atoms with van der Waals surface area (Å²) in [5.74, 6) is 0.0672. The van der Waals surface area contributed by atoms with Gasteiger partial charge in [-0.1, -0.05) is 6.92 Å². The van der Waals surface area contributed by atoms with Crippen LogP contribution in [-0.4, -0.2) is 45.9 Å². The van der Waals surface area contributed by atoms with E-state index in [1.54, 1.807) is 16.8 Å². The molecule has 2 atom stereocenters. The molecule has 2 unspecified atom stereocenters. The molecule has 1 amide bonds. The Morgan fingerprint density at radius 2 is 2.04 bits per heavy atom. The highest BCUT2D eigenvalue weighted by atomic mass is 19.1. The van der Waals surface area contributed by atoms with Gasteiger partial charge in [0, 0.05) is 56.0 Å². The Labute approximate surface area is 151 Å². The van der Waals surface area contributed by atoms with E-state index >= 15 is 0 Å². The van der Waals surface area contributed by atoms with Crippen molar-refractivity contribution in [1.82, 2.24) is 14.7 Å². The summed E-state index contributed by atoms with van der Waals surface area (Å²) in [5, 5.41) is 4.60. The van der Waals surface area contributed by atoms with E-state index in [0.29, 0.717) is 19.5 Å². The second kappa shape index (κ2) is 6.52. The molecule has 0 bridgehead atoms. The minimum atomic E-state index is -0.264. The number of aryl methyl sites for hydroxylation is 1. The number of allylic oxidation sites excluding steroid dienone is 1. The average Bonchev–Trinajstić information content (AvgIpc) is 3.25. The van der Waals surface area contributed by atoms with Crippen LogP contribution in [0.4, 0.5) is 4.39 Å². The van der Waals surface area contributed by atoms with Crippen molar-refractivity contribution in [3.8, 4) is 11.3 Å². The normalized spacial score (nSPS) is 21.7. The van der Waals surface area contributed by atoms with E-state index in [-0.39, 0.29) is 23.7 Å². The molecule has 3 heterocycles. The maximum atomic E-state index is 13.3. The number of amides is 1. The van der Waals surface area contributed by atoms with Gasteiger partial charge in [-0.15, -0.1) is 0 Å². The summed E-state index contributed by atoms with van der Waals surface area (Å²) in [6, 6.07) is 6.48. The zero-order valence-electron chi connectivity index (χ0n) is 14.9. The fourth-order valence-electron chi connectivity index (χ4n) is 3.84. The number of rotatable bonds is 3. The van der Waals surface area contributed by atoms with Crippen molar-refractivity contribution >= 4 is 17.7 Å². The molecule has 6 heteroatoms. The number of aromatic nitrogens is 2. The summed E-state index contributed by atoms with van der Waals surface area (Å²) in [5.41, 5.74) is 3.87. The number of halogens is 1. The number of benzene rings is 1. The molecule has 0 spiro atoms. The number of dihydropyridines is 1. The molecule has 0 saturated carbocycles. The summed E-state index contributed by atoms with van der Waals surface area (Å²) >= 11 is 0. The minimum absolute atomic E-state index is 0.0896. The molecular formula is C20H21FN4O. The maximum Gasteiger partial charge on any atom is 0.222 e. The molecule has 134 valence electrons. The monoisotopic (exact) mass is 352 g/mol. The minimum Gasteiger partial charge on any atom is -0.340 e. The van der Waals surface area contributed by atoms with Crippen molar-refractivity contribution < 1.29 is 9.18 Å². The Balaban J connectivity index is 1.72. The zero-order chi connectivity index (χ0) is 18.3. The molecule has 2 aliphatic rings. The van der Waals surface area contributed by atoms with Gasteiger partial charge >= 0.3 is 0 Å². The van der Waals surface area contributed by atoms with Gasteiger partial charge in [0.2, 0.25) is 5.91 Å². The van der Waals surface area contributed by atoms with Crippen LogP contribution in [0, 0.1) is 11.7 Å². The van der Waals surface area contributed by atoms with Gasteiger partial charge in [-0.05, 0) is 35.9 Å². The van der Waals surface area contributed by atoms with Crippen LogP contribution >= 0.6 is 0 Å². The predicted octanol–water partition coefficient (Wildman–Crippen LogP) is 2.93. The number of hydrogen-bond acceptors (Lipinski definition) is 3. The second-order valence-corrected chi connectivity index (χ2v) is 6.82. The number of carbonyl (C=O) groups is 1. The summed E-state index contributed by atoms with van der Waals surface area (Å²) < 4.78 is 15.1. The summed E-state index contributed by atoms with van der Waals surface area (Å²) in [4.78, 5) is 18.6. The fourth-order valence-corrected chi connectivity index (χ4v) is 3.84. The molecule has 4 rings (SSSR count). The smallest absolute Gasteiger partial charge is 0.222 e. The van der Waals surface area contributed by atoms with Gasteiger partial charge in [0.05, 0.1) is 11.7 Å². The first-order chi connectivity index (χ1) is 12.6. The van der Waals surface area contributed by atoms with Crippen LogP contribution in [0.2, 0.25) is 0 Å². The SMILES string of the molecule is CCC(=O)N1CC2N=CC=C(c3cn(C)nc3-c3ccc(F)cc3)C2C1. The van der Waals surface area contributed by atoms with Gasteiger partial charge < -0.3 is 4.90 Å². The molecule has 5 nitrogen and oxygen atoms in total. The first-order valence-electron chi connectivity index (χ1n) is 8.88. The maximum absolute atomic E-state index is 13.3. The largest absolute Gasteiger partial charge is 0.340 e. The van der Waals surface area contributed by atoms with Crippen molar-refractivity contribution in [2.45, 2.75) is 19.4 Å². The van der Waals surface area contributed by atoms with Gasteiger partial charge in [-0.2, -0.15) is 5.10 Å². The van der Waals surface area contributed by atoms with Gasteiger partial charge in [0.15, 0.2) is 0 Å². The lowest BCUT2D eigenvalue weighted by atomic mass is 9.86. The number of likely N-dealkylation sites (tertiary alicyclic amines) is 1. The van der Waals surface area contributed by atoms with Crippen LogP contribution in [0.15, 0.2) is 41.5 Å². The highest BCUT2D eigenvalue weighted by molar-refractivity contribution is 5.92. The van der Waals surface area contributed by atoms with Crippen molar-refractivity contribution in [2.24, 2.45) is 18.0 Å². The number of aliphatic imine (C=N–C) groups is 1. The lowest BCUT2D eigenvalue weighted by Crippen LogP contribution is -2.28. The van der Waals surface area contributed by atoms with Crippen LogP contribution in [0.5, 0.6) is 0 Å². The molecule has 26 heavy (non-hydrogen) atoms. The van der Waals surface area contributed by atoms with E-state index in [1.165, 1.54) is 12.1 Å². The molecule has 2 aromatic rings. The molecule has 1 aromatic carbocycles. The summed E-state index contributed by atoms with van der Waals surface area (Å²) in [6.45, 7) is 3.23. The van der Waals surface area contributed by atoms with Crippen LogP contribution in [0.1, 0.15) is 18.9 Å².